The van der Waals surface area contributed by atoms with Crippen molar-refractivity contribution in [2.75, 3.05) is 7.11 Å². The molecule has 20 heavy (non-hydrogen) atoms. The Hall–Kier alpha value is -1.87. The Morgan fingerprint density at radius 3 is 2.65 bits per heavy atom. The second-order valence-corrected chi connectivity index (χ2v) is 4.92. The highest BCUT2D eigenvalue weighted by Crippen LogP contribution is 2.26. The van der Waals surface area contributed by atoms with Gasteiger partial charge in [0.2, 0.25) is 0 Å². The van der Waals surface area contributed by atoms with E-state index >= 15 is 0 Å². The van der Waals surface area contributed by atoms with Crippen LogP contribution < -0.4 is 10.1 Å². The van der Waals surface area contributed by atoms with Crippen molar-refractivity contribution in [3.8, 4) is 5.75 Å². The summed E-state index contributed by atoms with van der Waals surface area (Å²) >= 11 is 0. The van der Waals surface area contributed by atoms with Gasteiger partial charge in [0.05, 0.1) is 7.11 Å². The van der Waals surface area contributed by atoms with Gasteiger partial charge in [0.25, 0.3) is 0 Å². The number of hydrogen-bond donors (Lipinski definition) is 1. The van der Waals surface area contributed by atoms with E-state index in [2.05, 4.69) is 24.4 Å². The molecule has 0 aliphatic rings. The van der Waals surface area contributed by atoms with Gasteiger partial charge in [-0.15, -0.1) is 0 Å². The summed E-state index contributed by atoms with van der Waals surface area (Å²) in [6.45, 7) is 4.84. The standard InChI is InChI=1S/C17H20FNO/c1-12-6-4-5-7-14(12)11-19-13(2)16-10-15(18)8-9-17(16)20-3/h4-10,13,19H,11H2,1-3H3. The molecule has 0 aliphatic heterocycles. The van der Waals surface area contributed by atoms with E-state index in [1.807, 2.05) is 19.1 Å². The number of rotatable bonds is 5. The first-order valence-electron chi connectivity index (χ1n) is 6.73. The van der Waals surface area contributed by atoms with Crippen LogP contribution in [0.5, 0.6) is 5.75 Å². The fraction of sp³-hybridized carbons (Fsp3) is 0.294. The van der Waals surface area contributed by atoms with E-state index in [9.17, 15) is 4.39 Å². The first kappa shape index (κ1) is 14.5. The van der Waals surface area contributed by atoms with Crippen LogP contribution in [0.2, 0.25) is 0 Å². The minimum atomic E-state index is -0.245. The topological polar surface area (TPSA) is 21.3 Å². The molecular weight excluding hydrogens is 253 g/mol. The molecule has 106 valence electrons. The third kappa shape index (κ3) is 3.36. The third-order valence-corrected chi connectivity index (χ3v) is 3.52. The highest BCUT2D eigenvalue weighted by atomic mass is 19.1. The Labute approximate surface area is 119 Å². The van der Waals surface area contributed by atoms with Gasteiger partial charge in [0.15, 0.2) is 0 Å². The molecule has 0 saturated heterocycles. The van der Waals surface area contributed by atoms with Crippen LogP contribution in [0, 0.1) is 12.7 Å². The van der Waals surface area contributed by atoms with Crippen molar-refractivity contribution in [3.05, 3.63) is 65.0 Å². The van der Waals surface area contributed by atoms with E-state index in [4.69, 9.17) is 4.74 Å². The van der Waals surface area contributed by atoms with Gasteiger partial charge in [-0.25, -0.2) is 4.39 Å². The van der Waals surface area contributed by atoms with Crippen LogP contribution in [0.4, 0.5) is 4.39 Å². The van der Waals surface area contributed by atoms with E-state index in [0.29, 0.717) is 5.75 Å². The van der Waals surface area contributed by atoms with E-state index in [1.165, 1.54) is 23.3 Å². The summed E-state index contributed by atoms with van der Waals surface area (Å²) in [6, 6.07) is 12.8. The zero-order valence-electron chi connectivity index (χ0n) is 12.1. The van der Waals surface area contributed by atoms with Gasteiger partial charge >= 0.3 is 0 Å². The summed E-state index contributed by atoms with van der Waals surface area (Å²) in [5.74, 6) is 0.460. The summed E-state index contributed by atoms with van der Waals surface area (Å²) < 4.78 is 18.7. The second-order valence-electron chi connectivity index (χ2n) is 4.92. The Bertz CT molecular complexity index is 583. The lowest BCUT2D eigenvalue weighted by molar-refractivity contribution is 0.399. The number of halogens is 1. The summed E-state index contributed by atoms with van der Waals surface area (Å²) in [6.07, 6.45) is 0. The van der Waals surface area contributed by atoms with Gasteiger partial charge in [-0.1, -0.05) is 24.3 Å². The molecule has 0 amide bonds. The molecule has 0 bridgehead atoms. The Morgan fingerprint density at radius 2 is 1.95 bits per heavy atom. The summed E-state index contributed by atoms with van der Waals surface area (Å²) in [4.78, 5) is 0. The third-order valence-electron chi connectivity index (χ3n) is 3.52. The van der Waals surface area contributed by atoms with Crippen LogP contribution in [0.3, 0.4) is 0 Å². The lowest BCUT2D eigenvalue weighted by Gasteiger charge is -2.18. The SMILES string of the molecule is COc1ccc(F)cc1C(C)NCc1ccccc1C. The Balaban J connectivity index is 2.11. The summed E-state index contributed by atoms with van der Waals surface area (Å²) in [5, 5.41) is 3.41. The molecule has 0 spiro atoms. The van der Waals surface area contributed by atoms with Crippen molar-refractivity contribution < 1.29 is 9.13 Å². The number of benzene rings is 2. The molecule has 0 aliphatic carbocycles. The predicted octanol–water partition coefficient (Wildman–Crippen LogP) is 3.99. The van der Waals surface area contributed by atoms with Crippen molar-refractivity contribution in [1.29, 1.82) is 0 Å². The van der Waals surface area contributed by atoms with E-state index in [-0.39, 0.29) is 11.9 Å². The van der Waals surface area contributed by atoms with Gasteiger partial charge in [-0.05, 0) is 43.2 Å². The van der Waals surface area contributed by atoms with Gasteiger partial charge < -0.3 is 10.1 Å². The highest BCUT2D eigenvalue weighted by Gasteiger charge is 2.12. The average molecular weight is 273 g/mol. The zero-order chi connectivity index (χ0) is 14.5. The number of methoxy groups -OCH3 is 1. The first-order chi connectivity index (χ1) is 9.61. The van der Waals surface area contributed by atoms with Crippen LogP contribution in [-0.4, -0.2) is 7.11 Å². The maximum atomic E-state index is 13.4. The van der Waals surface area contributed by atoms with E-state index in [1.54, 1.807) is 13.2 Å². The zero-order valence-corrected chi connectivity index (χ0v) is 12.1. The van der Waals surface area contributed by atoms with Crippen molar-refractivity contribution in [2.45, 2.75) is 26.4 Å². The van der Waals surface area contributed by atoms with Crippen molar-refractivity contribution >= 4 is 0 Å². The van der Waals surface area contributed by atoms with E-state index < -0.39 is 0 Å². The van der Waals surface area contributed by atoms with Crippen LogP contribution >= 0.6 is 0 Å². The number of ether oxygens (including phenoxy) is 1. The van der Waals surface area contributed by atoms with Gasteiger partial charge in [-0.3, -0.25) is 0 Å². The lowest BCUT2D eigenvalue weighted by Crippen LogP contribution is -2.19. The summed E-state index contributed by atoms with van der Waals surface area (Å²) in [5.41, 5.74) is 3.33. The molecule has 0 radical (unpaired) electrons. The lowest BCUT2D eigenvalue weighted by atomic mass is 10.1. The Morgan fingerprint density at radius 1 is 1.20 bits per heavy atom. The average Bonchev–Trinajstić information content (AvgIpc) is 2.46. The first-order valence-corrected chi connectivity index (χ1v) is 6.73. The van der Waals surface area contributed by atoms with Crippen molar-refractivity contribution in [1.82, 2.24) is 5.32 Å². The quantitative estimate of drug-likeness (QED) is 0.889. The molecule has 0 heterocycles. The largest absolute Gasteiger partial charge is 0.496 e. The second kappa shape index (κ2) is 6.53. The number of nitrogens with one attached hydrogen (secondary N) is 1. The molecule has 2 nitrogen and oxygen atoms in total. The van der Waals surface area contributed by atoms with Crippen molar-refractivity contribution in [3.63, 3.8) is 0 Å². The molecule has 1 atom stereocenters. The minimum Gasteiger partial charge on any atom is -0.496 e. The minimum absolute atomic E-state index is 0.0141. The molecule has 0 fully saturated rings. The molecule has 1 unspecified atom stereocenters. The fourth-order valence-corrected chi connectivity index (χ4v) is 2.23. The fourth-order valence-electron chi connectivity index (χ4n) is 2.23. The molecular formula is C17H20FNO. The van der Waals surface area contributed by atoms with Crippen LogP contribution in [0.15, 0.2) is 42.5 Å². The van der Waals surface area contributed by atoms with Crippen LogP contribution in [0.25, 0.3) is 0 Å². The molecule has 0 saturated carbocycles. The smallest absolute Gasteiger partial charge is 0.123 e. The summed E-state index contributed by atoms with van der Waals surface area (Å²) in [7, 11) is 1.60. The molecule has 2 rings (SSSR count). The maximum Gasteiger partial charge on any atom is 0.123 e. The molecule has 3 heteroatoms. The van der Waals surface area contributed by atoms with Gasteiger partial charge in [0.1, 0.15) is 11.6 Å². The maximum absolute atomic E-state index is 13.4. The van der Waals surface area contributed by atoms with Gasteiger partial charge in [-0.2, -0.15) is 0 Å². The van der Waals surface area contributed by atoms with E-state index in [0.717, 1.165) is 12.1 Å². The molecule has 2 aromatic carbocycles. The normalized spacial score (nSPS) is 12.2. The molecule has 1 N–H and O–H groups in total. The highest BCUT2D eigenvalue weighted by molar-refractivity contribution is 5.36. The monoisotopic (exact) mass is 273 g/mol. The van der Waals surface area contributed by atoms with Gasteiger partial charge in [0, 0.05) is 18.2 Å². The molecule has 0 aromatic heterocycles. The predicted molar refractivity (Wildman–Crippen MR) is 79.4 cm³/mol. The molecule has 2 aromatic rings. The number of aryl methyl sites for hydroxylation is 1. The van der Waals surface area contributed by atoms with Crippen LogP contribution in [0.1, 0.15) is 29.7 Å². The number of hydrogen-bond acceptors (Lipinski definition) is 2. The van der Waals surface area contributed by atoms with Crippen LogP contribution in [-0.2, 0) is 6.54 Å². The van der Waals surface area contributed by atoms with Crippen molar-refractivity contribution in [2.24, 2.45) is 0 Å². The Kier molecular flexibility index (Phi) is 4.74.